The molecule has 0 aliphatic heterocycles. The molecule has 0 aromatic heterocycles. The maximum absolute atomic E-state index is 12.2. The Morgan fingerprint density at radius 2 is 2.08 bits per heavy atom. The van der Waals surface area contributed by atoms with Crippen molar-refractivity contribution in [2.24, 2.45) is 17.6 Å². The second-order valence-electron chi connectivity index (χ2n) is 3.62. The Hall–Kier alpha value is -1.00. The molecule has 2 aliphatic rings. The predicted molar refractivity (Wildman–Crippen MR) is 41.2 cm³/mol. The fraction of sp³-hybridized carbons (Fsp3) is 0.625. The van der Waals surface area contributed by atoms with E-state index in [9.17, 15) is 13.2 Å². The van der Waals surface area contributed by atoms with Crippen molar-refractivity contribution in [2.45, 2.75) is 19.0 Å². The van der Waals surface area contributed by atoms with Crippen LogP contribution in [0.5, 0.6) is 0 Å². The number of nitrogens with one attached hydrogen (secondary N) is 1. The van der Waals surface area contributed by atoms with Gasteiger partial charge in [-0.05, 0) is 24.7 Å². The maximum atomic E-state index is 12.2. The Balaban J connectivity index is 2.26. The molecule has 72 valence electrons. The van der Waals surface area contributed by atoms with Gasteiger partial charge in [0.2, 0.25) is 0 Å². The van der Waals surface area contributed by atoms with Gasteiger partial charge in [-0.25, -0.2) is 0 Å². The highest BCUT2D eigenvalue weighted by atomic mass is 19.4. The quantitative estimate of drug-likeness (QED) is 0.609. The van der Waals surface area contributed by atoms with Crippen molar-refractivity contribution in [2.75, 3.05) is 0 Å². The van der Waals surface area contributed by atoms with Gasteiger partial charge in [-0.2, -0.15) is 13.2 Å². The van der Waals surface area contributed by atoms with Crippen LogP contribution in [-0.4, -0.2) is 11.9 Å². The Morgan fingerprint density at radius 1 is 1.46 bits per heavy atom. The molecule has 1 saturated carbocycles. The summed E-state index contributed by atoms with van der Waals surface area (Å²) in [4.78, 5) is 0. The van der Waals surface area contributed by atoms with E-state index >= 15 is 0 Å². The van der Waals surface area contributed by atoms with Crippen LogP contribution in [0.15, 0.2) is 11.3 Å². The first kappa shape index (κ1) is 8.59. The molecule has 0 aromatic carbocycles. The molecule has 0 spiro atoms. The van der Waals surface area contributed by atoms with Crippen molar-refractivity contribution in [3.8, 4) is 0 Å². The number of halogens is 3. The average Bonchev–Trinajstić information content (AvgIpc) is 2.61. The van der Waals surface area contributed by atoms with E-state index in [0.29, 0.717) is 6.42 Å². The molecular weight excluding hydrogens is 181 g/mol. The molecule has 0 aromatic rings. The van der Waals surface area contributed by atoms with E-state index in [-0.39, 0.29) is 23.1 Å². The lowest BCUT2D eigenvalue weighted by Gasteiger charge is -2.11. The Labute approximate surface area is 73.1 Å². The van der Waals surface area contributed by atoms with Crippen molar-refractivity contribution in [3.05, 3.63) is 11.3 Å². The molecule has 2 atom stereocenters. The number of rotatable bonds is 1. The fourth-order valence-corrected chi connectivity index (χ4v) is 1.96. The third-order valence-corrected chi connectivity index (χ3v) is 2.67. The van der Waals surface area contributed by atoms with Crippen molar-refractivity contribution in [1.82, 2.24) is 0 Å². The molecule has 13 heavy (non-hydrogen) atoms. The molecule has 3 N–H and O–H groups in total. The molecule has 0 heterocycles. The van der Waals surface area contributed by atoms with E-state index in [2.05, 4.69) is 0 Å². The second kappa shape index (κ2) is 2.27. The summed E-state index contributed by atoms with van der Waals surface area (Å²) in [6.07, 6.45) is -3.23. The molecule has 0 bridgehead atoms. The molecule has 1 fully saturated rings. The highest BCUT2D eigenvalue weighted by molar-refractivity contribution is 6.03. The van der Waals surface area contributed by atoms with E-state index in [1.165, 1.54) is 0 Å². The predicted octanol–water partition coefficient (Wildman–Crippen LogP) is 1.82. The highest BCUT2D eigenvalue weighted by Gasteiger charge is 2.52. The van der Waals surface area contributed by atoms with E-state index in [0.717, 1.165) is 6.42 Å². The minimum absolute atomic E-state index is 0.0532. The molecule has 0 radical (unpaired) electrons. The van der Waals surface area contributed by atoms with Crippen molar-refractivity contribution >= 4 is 5.71 Å². The second-order valence-corrected chi connectivity index (χ2v) is 3.62. The number of alkyl halides is 3. The Kier molecular flexibility index (Phi) is 1.50. The first-order valence-electron chi connectivity index (χ1n) is 4.06. The van der Waals surface area contributed by atoms with Crippen LogP contribution in [0.3, 0.4) is 0 Å². The van der Waals surface area contributed by atoms with Gasteiger partial charge in [0.1, 0.15) is 5.71 Å². The molecule has 0 amide bonds. The normalized spacial score (nSPS) is 31.9. The van der Waals surface area contributed by atoms with E-state index < -0.39 is 11.9 Å². The largest absolute Gasteiger partial charge is 0.433 e. The van der Waals surface area contributed by atoms with E-state index in [1.54, 1.807) is 0 Å². The molecule has 0 saturated heterocycles. The molecule has 2 nitrogen and oxygen atoms in total. The molecule has 5 heteroatoms. The smallest absolute Gasteiger partial charge is 0.402 e. The SMILES string of the molecule is N=C(C1=C(N)CC2CC12)C(F)(F)F. The van der Waals surface area contributed by atoms with Crippen LogP contribution in [0, 0.1) is 17.2 Å². The van der Waals surface area contributed by atoms with Gasteiger partial charge in [0.05, 0.1) is 0 Å². The van der Waals surface area contributed by atoms with Gasteiger partial charge in [0, 0.05) is 11.3 Å². The highest BCUT2D eigenvalue weighted by Crippen LogP contribution is 2.55. The van der Waals surface area contributed by atoms with E-state index in [4.69, 9.17) is 11.1 Å². The van der Waals surface area contributed by atoms with Crippen molar-refractivity contribution in [3.63, 3.8) is 0 Å². The van der Waals surface area contributed by atoms with Crippen molar-refractivity contribution < 1.29 is 13.2 Å². The van der Waals surface area contributed by atoms with Crippen LogP contribution in [0.4, 0.5) is 13.2 Å². The third-order valence-electron chi connectivity index (χ3n) is 2.67. The monoisotopic (exact) mass is 190 g/mol. The summed E-state index contributed by atoms with van der Waals surface area (Å²) in [5.74, 6) is 0.215. The Bertz CT molecular complexity index is 303. The molecule has 2 rings (SSSR count). The van der Waals surface area contributed by atoms with Gasteiger partial charge in [0.15, 0.2) is 0 Å². The minimum atomic E-state index is -4.54. The number of allylic oxidation sites excluding steroid dienone is 2. The van der Waals surface area contributed by atoms with E-state index in [1.807, 2.05) is 0 Å². The number of hydrogen-bond donors (Lipinski definition) is 2. The van der Waals surface area contributed by atoms with Crippen LogP contribution < -0.4 is 5.73 Å². The topological polar surface area (TPSA) is 49.9 Å². The van der Waals surface area contributed by atoms with Gasteiger partial charge >= 0.3 is 6.18 Å². The van der Waals surface area contributed by atoms with Gasteiger partial charge in [0.25, 0.3) is 0 Å². The van der Waals surface area contributed by atoms with Crippen LogP contribution in [0.2, 0.25) is 0 Å². The zero-order chi connectivity index (χ0) is 9.80. The average molecular weight is 190 g/mol. The summed E-state index contributed by atoms with van der Waals surface area (Å²) in [6.45, 7) is 0. The van der Waals surface area contributed by atoms with Gasteiger partial charge in [-0.15, -0.1) is 0 Å². The number of nitrogens with two attached hydrogens (primary N) is 1. The van der Waals surface area contributed by atoms with Crippen LogP contribution in [0.25, 0.3) is 0 Å². The lowest BCUT2D eigenvalue weighted by molar-refractivity contribution is -0.0592. The molecule has 2 aliphatic carbocycles. The van der Waals surface area contributed by atoms with Crippen LogP contribution in [-0.2, 0) is 0 Å². The summed E-state index contributed by atoms with van der Waals surface area (Å²) in [5.41, 5.74) is 4.52. The first-order valence-corrected chi connectivity index (χ1v) is 4.06. The molecule has 2 unspecified atom stereocenters. The summed E-state index contributed by atoms with van der Waals surface area (Å²) in [5, 5.41) is 6.96. The summed E-state index contributed by atoms with van der Waals surface area (Å²) in [7, 11) is 0. The standard InChI is InChI=1S/C8H9F3N2/c9-8(10,11)7(13)6-4-1-3(4)2-5(6)12/h3-4,13H,1-2,12H2. The fourth-order valence-electron chi connectivity index (χ4n) is 1.96. The Morgan fingerprint density at radius 3 is 2.46 bits per heavy atom. The zero-order valence-electron chi connectivity index (χ0n) is 6.78. The van der Waals surface area contributed by atoms with Crippen LogP contribution >= 0.6 is 0 Å². The summed E-state index contributed by atoms with van der Waals surface area (Å²) < 4.78 is 36.5. The maximum Gasteiger partial charge on any atom is 0.433 e. The van der Waals surface area contributed by atoms with Gasteiger partial charge < -0.3 is 5.73 Å². The minimum Gasteiger partial charge on any atom is -0.402 e. The zero-order valence-corrected chi connectivity index (χ0v) is 6.78. The van der Waals surface area contributed by atoms with Gasteiger partial charge in [-0.1, -0.05) is 0 Å². The number of hydrogen-bond acceptors (Lipinski definition) is 2. The molecular formula is C8H9F3N2. The van der Waals surface area contributed by atoms with Crippen LogP contribution in [0.1, 0.15) is 12.8 Å². The third kappa shape index (κ3) is 1.22. The lowest BCUT2D eigenvalue weighted by atomic mass is 10.1. The summed E-state index contributed by atoms with van der Waals surface area (Å²) in [6, 6.07) is 0. The lowest BCUT2D eigenvalue weighted by Crippen LogP contribution is -2.26. The first-order chi connectivity index (χ1) is 5.91. The number of fused-ring (bicyclic) bond motifs is 1. The van der Waals surface area contributed by atoms with Gasteiger partial charge in [-0.3, -0.25) is 5.41 Å². The van der Waals surface area contributed by atoms with Crippen molar-refractivity contribution in [1.29, 1.82) is 5.41 Å². The summed E-state index contributed by atoms with van der Waals surface area (Å²) >= 11 is 0.